The van der Waals surface area contributed by atoms with Gasteiger partial charge in [0.1, 0.15) is 0 Å². The lowest BCUT2D eigenvalue weighted by atomic mass is 10.0. The maximum absolute atomic E-state index is 12.7. The van der Waals surface area contributed by atoms with Crippen molar-refractivity contribution in [2.75, 3.05) is 32.1 Å². The van der Waals surface area contributed by atoms with E-state index in [1.54, 1.807) is 23.1 Å². The summed E-state index contributed by atoms with van der Waals surface area (Å²) in [6, 6.07) is 12.4. The van der Waals surface area contributed by atoms with Gasteiger partial charge in [0.15, 0.2) is 0 Å². The summed E-state index contributed by atoms with van der Waals surface area (Å²) in [5.41, 5.74) is 2.14. The number of likely N-dealkylation sites (tertiary alicyclic amines) is 1. The van der Waals surface area contributed by atoms with Crippen LogP contribution >= 0.6 is 23.2 Å². The molecule has 1 N–H and O–H groups in total. The van der Waals surface area contributed by atoms with E-state index in [1.807, 2.05) is 43.3 Å². The Bertz CT molecular complexity index is 860. The molecule has 0 aliphatic carbocycles. The average Bonchev–Trinajstić information content (AvgIpc) is 2.68. The predicted octanol–water partition coefficient (Wildman–Crippen LogP) is 4.09. The summed E-state index contributed by atoms with van der Waals surface area (Å²) in [4.78, 5) is 28.9. The lowest BCUT2D eigenvalue weighted by molar-refractivity contribution is 0.0698. The van der Waals surface area contributed by atoms with Crippen LogP contribution in [0.5, 0.6) is 0 Å². The smallest absolute Gasteiger partial charge is 0.255 e. The van der Waals surface area contributed by atoms with Crippen LogP contribution in [0.15, 0.2) is 42.5 Å². The fourth-order valence-corrected chi connectivity index (χ4v) is 3.73. The first-order chi connectivity index (χ1) is 13.3. The molecule has 2 aromatic rings. The summed E-state index contributed by atoms with van der Waals surface area (Å²) in [6.45, 7) is 1.14. The Morgan fingerprint density at radius 2 is 1.68 bits per heavy atom. The Hall–Kier alpha value is -2.24. The maximum atomic E-state index is 12.7. The highest BCUT2D eigenvalue weighted by atomic mass is 35.5. The number of amides is 2. The summed E-state index contributed by atoms with van der Waals surface area (Å²) < 4.78 is 0. The third kappa shape index (κ3) is 4.78. The van der Waals surface area contributed by atoms with Crippen molar-refractivity contribution in [1.82, 2.24) is 10.2 Å². The van der Waals surface area contributed by atoms with Crippen LogP contribution in [-0.2, 0) is 0 Å². The van der Waals surface area contributed by atoms with Gasteiger partial charge in [-0.2, -0.15) is 0 Å². The van der Waals surface area contributed by atoms with Gasteiger partial charge in [0.25, 0.3) is 11.8 Å². The monoisotopic (exact) mass is 419 g/mol. The molecule has 1 fully saturated rings. The lowest BCUT2D eigenvalue weighted by Gasteiger charge is -2.32. The number of piperidine rings is 1. The molecule has 0 radical (unpaired) electrons. The van der Waals surface area contributed by atoms with Crippen LogP contribution in [0.4, 0.5) is 5.69 Å². The molecule has 1 heterocycles. The largest absolute Gasteiger partial charge is 0.378 e. The summed E-state index contributed by atoms with van der Waals surface area (Å²) >= 11 is 12.0. The quantitative estimate of drug-likeness (QED) is 0.811. The molecule has 1 aliphatic rings. The molecule has 28 heavy (non-hydrogen) atoms. The van der Waals surface area contributed by atoms with Crippen molar-refractivity contribution in [3.05, 3.63) is 63.6 Å². The van der Waals surface area contributed by atoms with Crippen LogP contribution < -0.4 is 10.2 Å². The highest BCUT2D eigenvalue weighted by Gasteiger charge is 2.26. The molecule has 0 aromatic heterocycles. The highest BCUT2D eigenvalue weighted by Crippen LogP contribution is 2.24. The number of carbonyl (C=O) groups is 2. The first kappa shape index (κ1) is 20.5. The van der Waals surface area contributed by atoms with E-state index in [9.17, 15) is 9.59 Å². The zero-order valence-corrected chi connectivity index (χ0v) is 17.4. The molecule has 1 aliphatic heterocycles. The highest BCUT2D eigenvalue weighted by molar-refractivity contribution is 6.36. The van der Waals surface area contributed by atoms with Crippen molar-refractivity contribution in [3.63, 3.8) is 0 Å². The number of carbonyl (C=O) groups excluding carboxylic acids is 2. The number of nitrogens with one attached hydrogen (secondary N) is 1. The SMILES string of the molecule is CN(C)c1ccc(C(=O)NC2CCN(C(=O)c3ccc(Cl)cc3Cl)CC2)cc1. The summed E-state index contributed by atoms with van der Waals surface area (Å²) in [5, 5.41) is 3.93. The molecule has 1 saturated heterocycles. The predicted molar refractivity (Wildman–Crippen MR) is 114 cm³/mol. The zero-order valence-electron chi connectivity index (χ0n) is 15.9. The standard InChI is InChI=1S/C21H23Cl2N3O2/c1-25(2)17-6-3-14(4-7-17)20(27)24-16-9-11-26(12-10-16)21(28)18-8-5-15(22)13-19(18)23/h3-8,13,16H,9-12H2,1-2H3,(H,24,27). The van der Waals surface area contributed by atoms with E-state index in [4.69, 9.17) is 23.2 Å². The van der Waals surface area contributed by atoms with E-state index in [-0.39, 0.29) is 17.9 Å². The minimum absolute atomic E-state index is 0.0470. The van der Waals surface area contributed by atoms with Crippen molar-refractivity contribution in [2.45, 2.75) is 18.9 Å². The molecular weight excluding hydrogens is 397 g/mol. The first-order valence-electron chi connectivity index (χ1n) is 9.17. The lowest BCUT2D eigenvalue weighted by Crippen LogP contribution is -2.46. The Balaban J connectivity index is 1.55. The molecule has 0 saturated carbocycles. The summed E-state index contributed by atoms with van der Waals surface area (Å²) in [6.07, 6.45) is 1.41. The second-order valence-electron chi connectivity index (χ2n) is 7.11. The van der Waals surface area contributed by atoms with E-state index in [2.05, 4.69) is 5.32 Å². The van der Waals surface area contributed by atoms with Crippen molar-refractivity contribution < 1.29 is 9.59 Å². The van der Waals surface area contributed by atoms with Gasteiger partial charge in [-0.1, -0.05) is 23.2 Å². The molecule has 0 bridgehead atoms. The molecule has 5 nitrogen and oxygen atoms in total. The van der Waals surface area contributed by atoms with Gasteiger partial charge in [-0.3, -0.25) is 9.59 Å². The van der Waals surface area contributed by atoms with Gasteiger partial charge in [-0.15, -0.1) is 0 Å². The first-order valence-corrected chi connectivity index (χ1v) is 9.93. The summed E-state index contributed by atoms with van der Waals surface area (Å²) in [5.74, 6) is -0.193. The number of rotatable bonds is 4. The second kappa shape index (κ2) is 8.84. The van der Waals surface area contributed by atoms with Crippen molar-refractivity contribution in [2.24, 2.45) is 0 Å². The molecular formula is C21H23Cl2N3O2. The fourth-order valence-electron chi connectivity index (χ4n) is 3.24. The third-order valence-corrected chi connectivity index (χ3v) is 5.47. The number of anilines is 1. The average molecular weight is 420 g/mol. The van der Waals surface area contributed by atoms with E-state index in [0.717, 1.165) is 5.69 Å². The second-order valence-corrected chi connectivity index (χ2v) is 7.95. The molecule has 2 aromatic carbocycles. The van der Waals surface area contributed by atoms with Crippen LogP contribution in [0.2, 0.25) is 10.0 Å². The number of hydrogen-bond donors (Lipinski definition) is 1. The van der Waals surface area contributed by atoms with Gasteiger partial charge < -0.3 is 15.1 Å². The van der Waals surface area contributed by atoms with Crippen LogP contribution in [-0.4, -0.2) is 49.9 Å². The van der Waals surface area contributed by atoms with Gasteiger partial charge >= 0.3 is 0 Å². The van der Waals surface area contributed by atoms with Crippen molar-refractivity contribution >= 4 is 40.7 Å². The Labute approximate surface area is 175 Å². The van der Waals surface area contributed by atoms with Crippen molar-refractivity contribution in [3.8, 4) is 0 Å². The molecule has 0 atom stereocenters. The summed E-state index contributed by atoms with van der Waals surface area (Å²) in [7, 11) is 3.92. The van der Waals surface area contributed by atoms with Crippen LogP contribution in [0.1, 0.15) is 33.6 Å². The molecule has 3 rings (SSSR count). The fraction of sp³-hybridized carbons (Fsp3) is 0.333. The molecule has 2 amide bonds. The van der Waals surface area contributed by atoms with E-state index >= 15 is 0 Å². The van der Waals surface area contributed by atoms with E-state index < -0.39 is 0 Å². The Morgan fingerprint density at radius 1 is 1.04 bits per heavy atom. The zero-order chi connectivity index (χ0) is 20.3. The van der Waals surface area contributed by atoms with Gasteiger partial charge in [-0.25, -0.2) is 0 Å². The number of nitrogens with zero attached hydrogens (tertiary/aromatic N) is 2. The number of hydrogen-bond acceptors (Lipinski definition) is 3. The molecule has 148 valence electrons. The van der Waals surface area contributed by atoms with Gasteiger partial charge in [0.2, 0.25) is 0 Å². The topological polar surface area (TPSA) is 52.7 Å². The van der Waals surface area contributed by atoms with Gasteiger partial charge in [0, 0.05) is 49.5 Å². The van der Waals surface area contributed by atoms with E-state index in [0.29, 0.717) is 47.1 Å². The van der Waals surface area contributed by atoms with Gasteiger partial charge in [-0.05, 0) is 55.3 Å². The van der Waals surface area contributed by atoms with Crippen LogP contribution in [0, 0.1) is 0 Å². The molecule has 0 unspecified atom stereocenters. The Kier molecular flexibility index (Phi) is 6.47. The van der Waals surface area contributed by atoms with Crippen LogP contribution in [0.3, 0.4) is 0 Å². The normalized spacial score (nSPS) is 14.6. The Morgan fingerprint density at radius 3 is 2.25 bits per heavy atom. The molecule has 7 heteroatoms. The number of halogens is 2. The third-order valence-electron chi connectivity index (χ3n) is 4.92. The van der Waals surface area contributed by atoms with Crippen molar-refractivity contribution in [1.29, 1.82) is 0 Å². The minimum Gasteiger partial charge on any atom is -0.378 e. The number of benzene rings is 2. The minimum atomic E-state index is -0.106. The van der Waals surface area contributed by atoms with Crippen LogP contribution in [0.25, 0.3) is 0 Å². The van der Waals surface area contributed by atoms with Gasteiger partial charge in [0.05, 0.1) is 10.6 Å². The van der Waals surface area contributed by atoms with E-state index in [1.165, 1.54) is 0 Å². The molecule has 0 spiro atoms. The maximum Gasteiger partial charge on any atom is 0.255 e.